The van der Waals surface area contributed by atoms with E-state index in [0.29, 0.717) is 22.6 Å². The van der Waals surface area contributed by atoms with Crippen LogP contribution in [0.4, 0.5) is 13.2 Å². The van der Waals surface area contributed by atoms with Crippen LogP contribution in [0.1, 0.15) is 5.56 Å². The Hall–Kier alpha value is -3.28. The van der Waals surface area contributed by atoms with Gasteiger partial charge < -0.3 is 9.30 Å². The van der Waals surface area contributed by atoms with Gasteiger partial charge in [-0.05, 0) is 30.3 Å². The minimum Gasteiger partial charge on any atom is -0.494 e. The third-order valence-corrected chi connectivity index (χ3v) is 4.44. The predicted octanol–water partition coefficient (Wildman–Crippen LogP) is 5.18. The Bertz CT molecular complexity index is 1140. The molecule has 0 fully saturated rings. The maximum absolute atomic E-state index is 14.4. The first-order valence-corrected chi connectivity index (χ1v) is 8.31. The Morgan fingerprint density at radius 2 is 1.63 bits per heavy atom. The molecule has 0 atom stereocenters. The van der Waals surface area contributed by atoms with Gasteiger partial charge in [0, 0.05) is 5.56 Å². The summed E-state index contributed by atoms with van der Waals surface area (Å²) in [7, 11) is 1.52. The van der Waals surface area contributed by atoms with Gasteiger partial charge in [-0.3, -0.25) is 0 Å². The quantitative estimate of drug-likeness (QED) is 0.496. The first-order chi connectivity index (χ1) is 13.1. The van der Waals surface area contributed by atoms with Crippen LogP contribution < -0.4 is 4.74 Å². The Kier molecular flexibility index (Phi) is 4.32. The molecule has 0 aliphatic carbocycles. The van der Waals surface area contributed by atoms with Crippen molar-refractivity contribution in [3.05, 3.63) is 83.7 Å². The Balaban J connectivity index is 1.98. The van der Waals surface area contributed by atoms with Gasteiger partial charge in [-0.25, -0.2) is 18.2 Å². The summed E-state index contributed by atoms with van der Waals surface area (Å²) in [6.45, 7) is -0.00305. The van der Waals surface area contributed by atoms with Gasteiger partial charge in [0.1, 0.15) is 22.9 Å². The predicted molar refractivity (Wildman–Crippen MR) is 97.1 cm³/mol. The van der Waals surface area contributed by atoms with Crippen molar-refractivity contribution in [3.8, 4) is 17.1 Å². The van der Waals surface area contributed by atoms with E-state index in [1.807, 2.05) is 0 Å². The molecule has 0 saturated heterocycles. The van der Waals surface area contributed by atoms with E-state index in [0.717, 1.165) is 6.07 Å². The zero-order chi connectivity index (χ0) is 19.0. The maximum atomic E-state index is 14.4. The summed E-state index contributed by atoms with van der Waals surface area (Å²) >= 11 is 0. The third kappa shape index (κ3) is 2.93. The molecule has 4 rings (SSSR count). The number of nitrogens with zero attached hydrogens (tertiary/aromatic N) is 2. The summed E-state index contributed by atoms with van der Waals surface area (Å²) in [4.78, 5) is 4.54. The summed E-state index contributed by atoms with van der Waals surface area (Å²) in [6.07, 6.45) is 0. The van der Waals surface area contributed by atoms with Gasteiger partial charge in [-0.2, -0.15) is 0 Å². The average molecular weight is 368 g/mol. The molecule has 1 aromatic heterocycles. The number of aromatic nitrogens is 2. The zero-order valence-corrected chi connectivity index (χ0v) is 14.4. The van der Waals surface area contributed by atoms with Crippen molar-refractivity contribution in [3.63, 3.8) is 0 Å². The Labute approximate surface area is 153 Å². The fraction of sp³-hybridized carbons (Fsp3) is 0.0952. The van der Waals surface area contributed by atoms with Crippen LogP contribution in [0.25, 0.3) is 22.4 Å². The number of rotatable bonds is 4. The highest BCUT2D eigenvalue weighted by Gasteiger charge is 2.19. The number of para-hydroxylation sites is 1. The van der Waals surface area contributed by atoms with Crippen LogP contribution in [0.2, 0.25) is 0 Å². The molecule has 0 spiro atoms. The summed E-state index contributed by atoms with van der Waals surface area (Å²) in [5, 5.41) is 0. The molecule has 3 aromatic carbocycles. The number of benzene rings is 3. The first kappa shape index (κ1) is 17.1. The molecular formula is C21H15F3N2O. The normalized spacial score (nSPS) is 11.1. The molecule has 4 aromatic rings. The molecule has 0 radical (unpaired) electrons. The van der Waals surface area contributed by atoms with Crippen molar-refractivity contribution in [2.45, 2.75) is 6.54 Å². The monoisotopic (exact) mass is 368 g/mol. The Morgan fingerprint density at radius 3 is 2.41 bits per heavy atom. The van der Waals surface area contributed by atoms with Crippen LogP contribution >= 0.6 is 0 Å². The number of hydrogen-bond acceptors (Lipinski definition) is 2. The topological polar surface area (TPSA) is 27.1 Å². The second kappa shape index (κ2) is 6.79. The van der Waals surface area contributed by atoms with Crippen molar-refractivity contribution in [2.75, 3.05) is 7.11 Å². The van der Waals surface area contributed by atoms with Crippen molar-refractivity contribution < 1.29 is 17.9 Å². The molecule has 0 N–H and O–H groups in total. The van der Waals surface area contributed by atoms with Crippen LogP contribution in [0.5, 0.6) is 5.75 Å². The van der Waals surface area contributed by atoms with Crippen molar-refractivity contribution in [1.29, 1.82) is 0 Å². The highest BCUT2D eigenvalue weighted by Crippen LogP contribution is 2.32. The molecule has 3 nitrogen and oxygen atoms in total. The maximum Gasteiger partial charge on any atom is 0.163 e. The molecule has 0 bridgehead atoms. The summed E-state index contributed by atoms with van der Waals surface area (Å²) in [5.41, 5.74) is 1.58. The number of methoxy groups -OCH3 is 1. The number of ether oxygens (including phenoxy) is 1. The van der Waals surface area contributed by atoms with Gasteiger partial charge in [-0.1, -0.05) is 30.3 Å². The zero-order valence-electron chi connectivity index (χ0n) is 14.4. The molecule has 136 valence electrons. The van der Waals surface area contributed by atoms with E-state index in [1.165, 1.54) is 25.3 Å². The standard InChI is InChI=1S/C21H15F3N2O/c1-27-18-11-5-10-17-20(18)25-21(14-7-2-3-8-15(14)22)26(17)12-13-6-4-9-16(23)19(13)24/h2-11H,12H2,1H3. The van der Waals surface area contributed by atoms with Crippen LogP contribution in [-0.4, -0.2) is 16.7 Å². The number of halogens is 3. The first-order valence-electron chi connectivity index (χ1n) is 8.31. The lowest BCUT2D eigenvalue weighted by atomic mass is 10.1. The van der Waals surface area contributed by atoms with Gasteiger partial charge >= 0.3 is 0 Å². The van der Waals surface area contributed by atoms with Gasteiger partial charge in [0.2, 0.25) is 0 Å². The van der Waals surface area contributed by atoms with Crippen LogP contribution in [-0.2, 0) is 6.54 Å². The highest BCUT2D eigenvalue weighted by atomic mass is 19.2. The number of imidazole rings is 1. The lowest BCUT2D eigenvalue weighted by molar-refractivity contribution is 0.419. The smallest absolute Gasteiger partial charge is 0.163 e. The third-order valence-electron chi connectivity index (χ3n) is 4.44. The summed E-state index contributed by atoms with van der Waals surface area (Å²) < 4.78 is 49.3. The molecule has 0 saturated carbocycles. The Morgan fingerprint density at radius 1 is 0.889 bits per heavy atom. The van der Waals surface area contributed by atoms with Crippen molar-refractivity contribution in [2.24, 2.45) is 0 Å². The average Bonchev–Trinajstić information content (AvgIpc) is 3.04. The lowest BCUT2D eigenvalue weighted by Crippen LogP contribution is -2.06. The van der Waals surface area contributed by atoms with E-state index in [9.17, 15) is 13.2 Å². The number of fused-ring (bicyclic) bond motifs is 1. The SMILES string of the molecule is COc1cccc2c1nc(-c1ccccc1F)n2Cc1cccc(F)c1F. The fourth-order valence-electron chi connectivity index (χ4n) is 3.14. The molecule has 6 heteroatoms. The van der Waals surface area contributed by atoms with Gasteiger partial charge in [0.05, 0.1) is 24.7 Å². The van der Waals surface area contributed by atoms with Gasteiger partial charge in [-0.15, -0.1) is 0 Å². The van der Waals surface area contributed by atoms with Gasteiger partial charge in [0.25, 0.3) is 0 Å². The van der Waals surface area contributed by atoms with Crippen molar-refractivity contribution >= 4 is 11.0 Å². The van der Waals surface area contributed by atoms with Gasteiger partial charge in [0.15, 0.2) is 11.6 Å². The molecule has 0 aliphatic heterocycles. The van der Waals surface area contributed by atoms with Crippen molar-refractivity contribution in [1.82, 2.24) is 9.55 Å². The molecule has 1 heterocycles. The second-order valence-electron chi connectivity index (χ2n) is 6.04. The molecule has 0 amide bonds. The number of hydrogen-bond donors (Lipinski definition) is 0. The lowest BCUT2D eigenvalue weighted by Gasteiger charge is -2.11. The molecular weight excluding hydrogens is 353 g/mol. The van der Waals surface area contributed by atoms with E-state index in [2.05, 4.69) is 4.98 Å². The minimum atomic E-state index is -0.929. The molecule has 0 unspecified atom stereocenters. The van der Waals surface area contributed by atoms with E-state index in [4.69, 9.17) is 4.74 Å². The summed E-state index contributed by atoms with van der Waals surface area (Å²) in [6, 6.07) is 15.5. The molecule has 0 aliphatic rings. The van der Waals surface area contributed by atoms with E-state index in [1.54, 1.807) is 41.0 Å². The van der Waals surface area contributed by atoms with Crippen LogP contribution in [0, 0.1) is 17.5 Å². The van der Waals surface area contributed by atoms with Crippen LogP contribution in [0.15, 0.2) is 60.7 Å². The molecule has 27 heavy (non-hydrogen) atoms. The second-order valence-corrected chi connectivity index (χ2v) is 6.04. The summed E-state index contributed by atoms with van der Waals surface area (Å²) in [5.74, 6) is -1.48. The minimum absolute atomic E-state index is 0.00305. The van der Waals surface area contributed by atoms with E-state index >= 15 is 0 Å². The fourth-order valence-corrected chi connectivity index (χ4v) is 3.14. The highest BCUT2D eigenvalue weighted by molar-refractivity contribution is 5.86. The van der Waals surface area contributed by atoms with Crippen LogP contribution in [0.3, 0.4) is 0 Å². The largest absolute Gasteiger partial charge is 0.494 e. The van der Waals surface area contributed by atoms with E-state index < -0.39 is 17.5 Å². The van der Waals surface area contributed by atoms with E-state index in [-0.39, 0.29) is 17.7 Å².